The number of imide groups is 1. The molecule has 1 aromatic rings. The van der Waals surface area contributed by atoms with Crippen molar-refractivity contribution >= 4 is 11.9 Å². The van der Waals surface area contributed by atoms with Crippen LogP contribution >= 0.6 is 0 Å². The highest BCUT2D eigenvalue weighted by molar-refractivity contribution is 6.04. The normalized spacial score (nSPS) is 23.1. The molecule has 0 N–H and O–H groups in total. The molecule has 0 aromatic heterocycles. The summed E-state index contributed by atoms with van der Waals surface area (Å²) < 4.78 is 0. The number of benzene rings is 1. The second-order valence-electron chi connectivity index (χ2n) is 4.88. The van der Waals surface area contributed by atoms with Gasteiger partial charge in [0.25, 0.3) is 5.91 Å². The van der Waals surface area contributed by atoms with Crippen molar-refractivity contribution in [2.45, 2.75) is 25.3 Å². The monoisotopic (exact) mass is 244 g/mol. The lowest BCUT2D eigenvalue weighted by Gasteiger charge is -2.36. The Hall–Kier alpha value is -1.84. The Labute approximate surface area is 106 Å². The second kappa shape index (κ2) is 4.44. The molecule has 2 aliphatic rings. The van der Waals surface area contributed by atoms with Gasteiger partial charge in [-0.05, 0) is 31.4 Å². The Kier molecular flexibility index (Phi) is 2.78. The number of hydrogen-bond donors (Lipinski definition) is 0. The molecule has 3 rings (SSSR count). The summed E-state index contributed by atoms with van der Waals surface area (Å²) in [5.74, 6) is -0.175. The fourth-order valence-corrected chi connectivity index (χ4v) is 2.84. The van der Waals surface area contributed by atoms with E-state index in [-0.39, 0.29) is 11.9 Å². The van der Waals surface area contributed by atoms with Gasteiger partial charge in [-0.3, -0.25) is 9.69 Å². The van der Waals surface area contributed by atoms with E-state index in [2.05, 4.69) is 0 Å². The lowest BCUT2D eigenvalue weighted by molar-refractivity contribution is 0.0677. The van der Waals surface area contributed by atoms with Crippen LogP contribution in [0.3, 0.4) is 0 Å². The molecular weight excluding hydrogens is 228 g/mol. The molecule has 0 bridgehead atoms. The summed E-state index contributed by atoms with van der Waals surface area (Å²) in [6.07, 6.45) is 3.05. The van der Waals surface area contributed by atoms with Crippen LogP contribution in [0.25, 0.3) is 0 Å². The van der Waals surface area contributed by atoms with E-state index in [0.29, 0.717) is 18.2 Å². The second-order valence-corrected chi connectivity index (χ2v) is 4.88. The van der Waals surface area contributed by atoms with E-state index in [1.807, 2.05) is 23.1 Å². The number of rotatable bonds is 1. The first-order valence-electron chi connectivity index (χ1n) is 6.45. The van der Waals surface area contributed by atoms with Gasteiger partial charge in [-0.1, -0.05) is 18.2 Å². The SMILES string of the molecule is O=C(c1ccccc1)N1CCC2CCCN2C1=O. The lowest BCUT2D eigenvalue weighted by atomic mass is 10.1. The van der Waals surface area contributed by atoms with E-state index < -0.39 is 0 Å². The molecule has 4 heteroatoms. The molecule has 1 unspecified atom stereocenters. The average molecular weight is 244 g/mol. The number of nitrogens with zero attached hydrogens (tertiary/aromatic N) is 2. The van der Waals surface area contributed by atoms with Crippen molar-refractivity contribution in [3.63, 3.8) is 0 Å². The minimum atomic E-state index is -0.175. The van der Waals surface area contributed by atoms with E-state index in [0.717, 1.165) is 25.8 Å². The van der Waals surface area contributed by atoms with Gasteiger partial charge >= 0.3 is 6.03 Å². The van der Waals surface area contributed by atoms with Gasteiger partial charge in [-0.15, -0.1) is 0 Å². The fourth-order valence-electron chi connectivity index (χ4n) is 2.84. The highest BCUT2D eigenvalue weighted by atomic mass is 16.2. The first-order chi connectivity index (χ1) is 8.77. The Morgan fingerprint density at radius 2 is 1.89 bits per heavy atom. The summed E-state index contributed by atoms with van der Waals surface area (Å²) >= 11 is 0. The van der Waals surface area contributed by atoms with Gasteiger partial charge in [0, 0.05) is 24.7 Å². The van der Waals surface area contributed by atoms with Crippen LogP contribution in [0, 0.1) is 0 Å². The Morgan fingerprint density at radius 1 is 1.11 bits per heavy atom. The smallest absolute Gasteiger partial charge is 0.321 e. The molecule has 2 saturated heterocycles. The predicted molar refractivity (Wildman–Crippen MR) is 67.2 cm³/mol. The Morgan fingerprint density at radius 3 is 2.67 bits per heavy atom. The van der Waals surface area contributed by atoms with Crippen molar-refractivity contribution in [1.82, 2.24) is 9.80 Å². The van der Waals surface area contributed by atoms with Crippen molar-refractivity contribution in [3.05, 3.63) is 35.9 Å². The molecule has 4 nitrogen and oxygen atoms in total. The summed E-state index contributed by atoms with van der Waals surface area (Å²) in [6.45, 7) is 1.34. The van der Waals surface area contributed by atoms with E-state index in [9.17, 15) is 9.59 Å². The molecule has 1 atom stereocenters. The van der Waals surface area contributed by atoms with Crippen LogP contribution in [0.4, 0.5) is 4.79 Å². The van der Waals surface area contributed by atoms with Gasteiger partial charge in [0.15, 0.2) is 0 Å². The number of amides is 3. The summed E-state index contributed by atoms with van der Waals surface area (Å²) in [4.78, 5) is 27.8. The van der Waals surface area contributed by atoms with Gasteiger partial charge < -0.3 is 4.90 Å². The van der Waals surface area contributed by atoms with E-state index >= 15 is 0 Å². The van der Waals surface area contributed by atoms with Crippen LogP contribution in [-0.4, -0.2) is 40.9 Å². The highest BCUT2D eigenvalue weighted by Crippen LogP contribution is 2.26. The largest absolute Gasteiger partial charge is 0.327 e. The predicted octanol–water partition coefficient (Wildman–Crippen LogP) is 2.12. The fraction of sp³-hybridized carbons (Fsp3) is 0.429. The quantitative estimate of drug-likeness (QED) is 0.759. The molecule has 2 aliphatic heterocycles. The highest BCUT2D eigenvalue weighted by Gasteiger charge is 2.38. The Bertz CT molecular complexity index is 472. The first-order valence-corrected chi connectivity index (χ1v) is 6.45. The van der Waals surface area contributed by atoms with Crippen LogP contribution in [0.5, 0.6) is 0 Å². The van der Waals surface area contributed by atoms with Crippen LogP contribution in [-0.2, 0) is 0 Å². The van der Waals surface area contributed by atoms with Crippen LogP contribution in [0.2, 0.25) is 0 Å². The average Bonchev–Trinajstić information content (AvgIpc) is 2.89. The van der Waals surface area contributed by atoms with Crippen molar-refractivity contribution in [2.75, 3.05) is 13.1 Å². The summed E-state index contributed by atoms with van der Waals surface area (Å²) in [5, 5.41) is 0. The van der Waals surface area contributed by atoms with Crippen molar-refractivity contribution < 1.29 is 9.59 Å². The van der Waals surface area contributed by atoms with Crippen LogP contribution in [0.15, 0.2) is 30.3 Å². The van der Waals surface area contributed by atoms with Crippen molar-refractivity contribution in [3.8, 4) is 0 Å². The van der Waals surface area contributed by atoms with E-state index in [4.69, 9.17) is 0 Å². The molecule has 1 aromatic carbocycles. The number of carbonyl (C=O) groups is 2. The molecule has 2 fully saturated rings. The van der Waals surface area contributed by atoms with E-state index in [1.54, 1.807) is 12.1 Å². The summed E-state index contributed by atoms with van der Waals surface area (Å²) in [7, 11) is 0. The van der Waals surface area contributed by atoms with Gasteiger partial charge in [0.05, 0.1) is 0 Å². The van der Waals surface area contributed by atoms with Crippen LogP contribution < -0.4 is 0 Å². The van der Waals surface area contributed by atoms with Crippen molar-refractivity contribution in [1.29, 1.82) is 0 Å². The van der Waals surface area contributed by atoms with Gasteiger partial charge in [0.2, 0.25) is 0 Å². The third-order valence-electron chi connectivity index (χ3n) is 3.81. The third-order valence-corrected chi connectivity index (χ3v) is 3.81. The first kappa shape index (κ1) is 11.3. The third kappa shape index (κ3) is 1.78. The maximum atomic E-state index is 12.3. The Balaban J connectivity index is 1.81. The zero-order valence-electron chi connectivity index (χ0n) is 10.2. The topological polar surface area (TPSA) is 40.6 Å². The summed E-state index contributed by atoms with van der Waals surface area (Å²) in [6, 6.07) is 9.26. The van der Waals surface area contributed by atoms with Gasteiger partial charge in [-0.2, -0.15) is 0 Å². The molecule has 0 saturated carbocycles. The molecule has 0 spiro atoms. The number of fused-ring (bicyclic) bond motifs is 1. The standard InChI is InChI=1S/C14H16N2O2/c17-13(11-5-2-1-3-6-11)16-10-8-12-7-4-9-15(12)14(16)18/h1-3,5-6,12H,4,7-10H2. The molecule has 2 heterocycles. The number of carbonyl (C=O) groups excluding carboxylic acids is 2. The number of hydrogen-bond acceptors (Lipinski definition) is 2. The molecule has 0 radical (unpaired) electrons. The molecule has 18 heavy (non-hydrogen) atoms. The minimum absolute atomic E-state index is 0.113. The zero-order valence-corrected chi connectivity index (χ0v) is 10.2. The maximum Gasteiger partial charge on any atom is 0.327 e. The van der Waals surface area contributed by atoms with Crippen LogP contribution in [0.1, 0.15) is 29.6 Å². The van der Waals surface area contributed by atoms with Gasteiger partial charge in [0.1, 0.15) is 0 Å². The zero-order chi connectivity index (χ0) is 12.5. The molecular formula is C14H16N2O2. The van der Waals surface area contributed by atoms with Gasteiger partial charge in [-0.25, -0.2) is 4.79 Å². The van der Waals surface area contributed by atoms with Crippen molar-refractivity contribution in [2.24, 2.45) is 0 Å². The summed E-state index contributed by atoms with van der Waals surface area (Å²) in [5.41, 5.74) is 0.587. The lowest BCUT2D eigenvalue weighted by Crippen LogP contribution is -2.53. The van der Waals surface area contributed by atoms with E-state index in [1.165, 1.54) is 4.90 Å². The number of urea groups is 1. The molecule has 0 aliphatic carbocycles. The minimum Gasteiger partial charge on any atom is -0.321 e. The molecule has 94 valence electrons. The maximum absolute atomic E-state index is 12.3. The molecule has 3 amide bonds.